The van der Waals surface area contributed by atoms with Crippen LogP contribution in [-0.4, -0.2) is 17.9 Å². The van der Waals surface area contributed by atoms with E-state index in [0.29, 0.717) is 5.92 Å². The lowest BCUT2D eigenvalue weighted by atomic mass is 9.86. The van der Waals surface area contributed by atoms with Crippen LogP contribution in [0.2, 0.25) is 0 Å². The molecule has 3 heteroatoms. The minimum atomic E-state index is -0.343. The Morgan fingerprint density at radius 3 is 2.42 bits per heavy atom. The van der Waals surface area contributed by atoms with Crippen molar-refractivity contribution in [1.82, 2.24) is 4.90 Å². The van der Waals surface area contributed by atoms with Crippen molar-refractivity contribution in [3.63, 3.8) is 0 Å². The fourth-order valence-electron chi connectivity index (χ4n) is 1.46. The van der Waals surface area contributed by atoms with Crippen molar-refractivity contribution in [1.29, 1.82) is 5.26 Å². The quantitative estimate of drug-likeness (QED) is 0.459. The Labute approximate surface area is 73.0 Å². The second kappa shape index (κ2) is 2.78. The van der Waals surface area contributed by atoms with E-state index in [0.717, 1.165) is 17.7 Å². The van der Waals surface area contributed by atoms with Gasteiger partial charge in [-0.25, -0.2) is 0 Å². The third kappa shape index (κ3) is 1.42. The van der Waals surface area contributed by atoms with E-state index < -0.39 is 0 Å². The van der Waals surface area contributed by atoms with Gasteiger partial charge in [0.2, 0.25) is 5.91 Å². The molecule has 1 amide bonds. The van der Waals surface area contributed by atoms with Crippen LogP contribution in [0.25, 0.3) is 0 Å². The molecule has 0 heterocycles. The van der Waals surface area contributed by atoms with Crippen LogP contribution < -0.4 is 0 Å². The molecule has 0 radical (unpaired) electrons. The van der Waals surface area contributed by atoms with E-state index in [-0.39, 0.29) is 11.3 Å². The predicted octanol–water partition coefficient (Wildman–Crippen LogP) is 1.36. The van der Waals surface area contributed by atoms with E-state index >= 15 is 0 Å². The maximum absolute atomic E-state index is 11.6. The molecule has 0 aliphatic heterocycles. The maximum atomic E-state index is 11.6. The van der Waals surface area contributed by atoms with Crippen molar-refractivity contribution in [3.8, 4) is 6.19 Å². The normalized spacial score (nSPS) is 16.8. The Kier molecular flexibility index (Phi) is 2.10. The molecule has 0 saturated heterocycles. The van der Waals surface area contributed by atoms with E-state index in [1.165, 1.54) is 7.05 Å². The lowest BCUT2D eigenvalue weighted by molar-refractivity contribution is -0.137. The van der Waals surface area contributed by atoms with Gasteiger partial charge in [-0.05, 0) is 18.8 Å². The van der Waals surface area contributed by atoms with Gasteiger partial charge in [0, 0.05) is 12.5 Å². The summed E-state index contributed by atoms with van der Waals surface area (Å²) in [5.41, 5.74) is -0.343. The summed E-state index contributed by atoms with van der Waals surface area (Å²) >= 11 is 0. The summed E-state index contributed by atoms with van der Waals surface area (Å²) in [4.78, 5) is 12.7. The van der Waals surface area contributed by atoms with Gasteiger partial charge in [-0.15, -0.1) is 0 Å². The molecule has 1 saturated carbocycles. The number of rotatable bonds is 2. The Hall–Kier alpha value is -1.04. The smallest absolute Gasteiger partial charge is 0.241 e. The lowest BCUT2D eigenvalue weighted by Crippen LogP contribution is -2.37. The minimum absolute atomic E-state index is 0.0625. The van der Waals surface area contributed by atoms with Crippen LogP contribution in [0.15, 0.2) is 0 Å². The number of nitrogens with zero attached hydrogens (tertiary/aromatic N) is 2. The van der Waals surface area contributed by atoms with Crippen molar-refractivity contribution in [2.24, 2.45) is 11.3 Å². The Bertz CT molecular complexity index is 235. The van der Waals surface area contributed by atoms with Gasteiger partial charge in [0.05, 0.1) is 0 Å². The molecular weight excluding hydrogens is 152 g/mol. The fraction of sp³-hybridized carbons (Fsp3) is 0.778. The molecule has 0 unspecified atom stereocenters. The van der Waals surface area contributed by atoms with Gasteiger partial charge in [-0.1, -0.05) is 13.8 Å². The fourth-order valence-corrected chi connectivity index (χ4v) is 1.46. The van der Waals surface area contributed by atoms with Crippen LogP contribution in [0.5, 0.6) is 0 Å². The number of carbonyl (C=O) groups is 1. The SMILES string of the molecule is CN(C#N)C(=O)C(C)(C)C1CC1. The Morgan fingerprint density at radius 2 is 2.08 bits per heavy atom. The molecular formula is C9H14N2O. The third-order valence-corrected chi connectivity index (χ3v) is 2.60. The van der Waals surface area contributed by atoms with E-state index in [2.05, 4.69) is 0 Å². The summed E-state index contributed by atoms with van der Waals surface area (Å²) in [5.74, 6) is 0.424. The van der Waals surface area contributed by atoms with Crippen LogP contribution in [0.1, 0.15) is 26.7 Å². The van der Waals surface area contributed by atoms with E-state index in [1.54, 1.807) is 0 Å². The zero-order valence-electron chi connectivity index (χ0n) is 7.79. The second-order valence-electron chi connectivity index (χ2n) is 3.96. The highest BCUT2D eigenvalue weighted by atomic mass is 16.2. The number of hydrogen-bond acceptors (Lipinski definition) is 2. The molecule has 1 fully saturated rings. The van der Waals surface area contributed by atoms with E-state index in [1.807, 2.05) is 20.0 Å². The van der Waals surface area contributed by atoms with Gasteiger partial charge in [0.1, 0.15) is 0 Å². The molecule has 3 nitrogen and oxygen atoms in total. The zero-order chi connectivity index (χ0) is 9.35. The van der Waals surface area contributed by atoms with Gasteiger partial charge < -0.3 is 0 Å². The molecule has 1 aliphatic carbocycles. The molecule has 0 bridgehead atoms. The zero-order valence-corrected chi connectivity index (χ0v) is 7.79. The van der Waals surface area contributed by atoms with Crippen LogP contribution in [-0.2, 0) is 4.79 Å². The molecule has 0 N–H and O–H groups in total. The highest BCUT2D eigenvalue weighted by Crippen LogP contribution is 2.45. The largest absolute Gasteiger partial charge is 0.273 e. The molecule has 0 aromatic rings. The molecule has 12 heavy (non-hydrogen) atoms. The highest BCUT2D eigenvalue weighted by molar-refractivity contribution is 5.83. The first-order valence-corrected chi connectivity index (χ1v) is 4.18. The maximum Gasteiger partial charge on any atom is 0.241 e. The number of amides is 1. The van der Waals surface area contributed by atoms with Gasteiger partial charge in [0.25, 0.3) is 0 Å². The summed E-state index contributed by atoms with van der Waals surface area (Å²) in [5, 5.41) is 8.53. The van der Waals surface area contributed by atoms with Crippen molar-refractivity contribution < 1.29 is 4.79 Å². The number of hydrogen-bond donors (Lipinski definition) is 0. The summed E-state index contributed by atoms with van der Waals surface area (Å²) in [6.07, 6.45) is 4.08. The summed E-state index contributed by atoms with van der Waals surface area (Å²) in [6.45, 7) is 3.84. The molecule has 0 spiro atoms. The first-order chi connectivity index (χ1) is 5.50. The van der Waals surface area contributed by atoms with Crippen molar-refractivity contribution in [2.75, 3.05) is 7.05 Å². The predicted molar refractivity (Wildman–Crippen MR) is 44.9 cm³/mol. The Morgan fingerprint density at radius 1 is 1.58 bits per heavy atom. The van der Waals surface area contributed by atoms with Crippen molar-refractivity contribution in [2.45, 2.75) is 26.7 Å². The summed E-state index contributed by atoms with van der Waals surface area (Å²) < 4.78 is 0. The van der Waals surface area contributed by atoms with Gasteiger partial charge in [-0.2, -0.15) is 5.26 Å². The molecule has 0 aromatic heterocycles. The van der Waals surface area contributed by atoms with E-state index in [4.69, 9.17) is 5.26 Å². The van der Waals surface area contributed by atoms with Crippen LogP contribution >= 0.6 is 0 Å². The van der Waals surface area contributed by atoms with Gasteiger partial charge in [0.15, 0.2) is 6.19 Å². The van der Waals surface area contributed by atoms with Gasteiger partial charge in [-0.3, -0.25) is 9.69 Å². The van der Waals surface area contributed by atoms with Crippen LogP contribution in [0.4, 0.5) is 0 Å². The number of carbonyl (C=O) groups excluding carboxylic acids is 1. The Balaban J connectivity index is 2.68. The van der Waals surface area contributed by atoms with Gasteiger partial charge >= 0.3 is 0 Å². The van der Waals surface area contributed by atoms with Crippen LogP contribution in [0.3, 0.4) is 0 Å². The molecule has 0 atom stereocenters. The molecule has 66 valence electrons. The molecule has 1 rings (SSSR count). The average molecular weight is 166 g/mol. The van der Waals surface area contributed by atoms with Crippen LogP contribution in [0, 0.1) is 22.8 Å². The topological polar surface area (TPSA) is 44.1 Å². The monoisotopic (exact) mass is 166 g/mol. The molecule has 0 aromatic carbocycles. The molecule has 1 aliphatic rings. The average Bonchev–Trinajstić information content (AvgIpc) is 2.83. The van der Waals surface area contributed by atoms with Crippen molar-refractivity contribution in [3.05, 3.63) is 0 Å². The standard InChI is InChI=1S/C9H14N2O/c1-9(2,7-4-5-7)8(12)11(3)6-10/h7H,4-5H2,1-3H3. The third-order valence-electron chi connectivity index (χ3n) is 2.60. The summed E-state index contributed by atoms with van der Waals surface area (Å²) in [7, 11) is 1.52. The highest BCUT2D eigenvalue weighted by Gasteiger charge is 2.44. The summed E-state index contributed by atoms with van der Waals surface area (Å²) in [6, 6.07) is 0. The minimum Gasteiger partial charge on any atom is -0.273 e. The first kappa shape index (κ1) is 9.05. The first-order valence-electron chi connectivity index (χ1n) is 4.18. The lowest BCUT2D eigenvalue weighted by Gasteiger charge is -2.24. The number of nitriles is 1. The van der Waals surface area contributed by atoms with E-state index in [9.17, 15) is 4.79 Å². The second-order valence-corrected chi connectivity index (χ2v) is 3.96. The van der Waals surface area contributed by atoms with Crippen molar-refractivity contribution >= 4 is 5.91 Å².